The van der Waals surface area contributed by atoms with E-state index < -0.39 is 0 Å². The van der Waals surface area contributed by atoms with E-state index in [2.05, 4.69) is 13.0 Å². The summed E-state index contributed by atoms with van der Waals surface area (Å²) >= 11 is 1.65. The Bertz CT molecular complexity index is 758. The van der Waals surface area contributed by atoms with Crippen molar-refractivity contribution in [3.63, 3.8) is 0 Å². The molecular formula is C17H16O4S. The zero-order valence-electron chi connectivity index (χ0n) is 12.6. The summed E-state index contributed by atoms with van der Waals surface area (Å²) in [7, 11) is 3.09. The topological polar surface area (TPSA) is 44.8 Å². The number of fused-ring (bicyclic) bond motifs is 1. The molecule has 2 aromatic rings. The van der Waals surface area contributed by atoms with Crippen LogP contribution in [0.5, 0.6) is 17.2 Å². The van der Waals surface area contributed by atoms with Gasteiger partial charge in [-0.05, 0) is 18.6 Å². The van der Waals surface area contributed by atoms with Gasteiger partial charge in [0.2, 0.25) is 5.78 Å². The van der Waals surface area contributed by atoms with Gasteiger partial charge in [0.15, 0.2) is 5.76 Å². The van der Waals surface area contributed by atoms with E-state index in [0.717, 1.165) is 11.3 Å². The number of carbonyl (C=O) groups is 1. The summed E-state index contributed by atoms with van der Waals surface area (Å²) in [5.74, 6) is 1.67. The summed E-state index contributed by atoms with van der Waals surface area (Å²) in [5.41, 5.74) is 0.446. The van der Waals surface area contributed by atoms with Crippen LogP contribution >= 0.6 is 11.3 Å². The van der Waals surface area contributed by atoms with Crippen LogP contribution < -0.4 is 14.2 Å². The number of thiophene rings is 1. The molecule has 5 heteroatoms. The quantitative estimate of drug-likeness (QED) is 0.801. The average molecular weight is 316 g/mol. The Kier molecular flexibility index (Phi) is 3.90. The Hall–Kier alpha value is -2.27. The molecule has 0 radical (unpaired) electrons. The van der Waals surface area contributed by atoms with Gasteiger partial charge in [0, 0.05) is 28.0 Å². The van der Waals surface area contributed by atoms with Crippen molar-refractivity contribution < 1.29 is 19.0 Å². The molecule has 4 nitrogen and oxygen atoms in total. The van der Waals surface area contributed by atoms with Crippen LogP contribution in [0.25, 0.3) is 6.08 Å². The molecule has 0 spiro atoms. The first kappa shape index (κ1) is 14.7. The van der Waals surface area contributed by atoms with Crippen LogP contribution in [-0.2, 0) is 6.42 Å². The lowest BCUT2D eigenvalue weighted by Gasteiger charge is -2.07. The number of methoxy groups -OCH3 is 2. The van der Waals surface area contributed by atoms with E-state index in [0.29, 0.717) is 28.6 Å². The third-order valence-electron chi connectivity index (χ3n) is 3.47. The van der Waals surface area contributed by atoms with Crippen molar-refractivity contribution in [2.24, 2.45) is 0 Å². The molecule has 0 atom stereocenters. The molecule has 114 valence electrons. The number of hydrogen-bond donors (Lipinski definition) is 0. The largest absolute Gasteiger partial charge is 0.496 e. The van der Waals surface area contributed by atoms with Gasteiger partial charge in [-0.15, -0.1) is 11.3 Å². The summed E-state index contributed by atoms with van der Waals surface area (Å²) in [4.78, 5) is 14.8. The van der Waals surface area contributed by atoms with E-state index in [-0.39, 0.29) is 5.78 Å². The fraction of sp³-hybridized carbons (Fsp3) is 0.235. The summed E-state index contributed by atoms with van der Waals surface area (Å²) in [6.45, 7) is 2.10. The van der Waals surface area contributed by atoms with Crippen molar-refractivity contribution in [1.29, 1.82) is 0 Å². The zero-order valence-corrected chi connectivity index (χ0v) is 13.5. The number of benzene rings is 1. The number of ketones is 1. The second-order valence-electron chi connectivity index (χ2n) is 4.80. The zero-order chi connectivity index (χ0) is 15.7. The first-order valence-electron chi connectivity index (χ1n) is 6.95. The highest BCUT2D eigenvalue weighted by Crippen LogP contribution is 2.41. The maximum Gasteiger partial charge on any atom is 0.235 e. The van der Waals surface area contributed by atoms with E-state index >= 15 is 0 Å². The Labute approximate surface area is 132 Å². The van der Waals surface area contributed by atoms with Crippen molar-refractivity contribution in [3.8, 4) is 17.2 Å². The fourth-order valence-electron chi connectivity index (χ4n) is 2.32. The molecule has 1 aromatic heterocycles. The lowest BCUT2D eigenvalue weighted by Crippen LogP contribution is -1.99. The molecule has 0 fully saturated rings. The molecule has 0 saturated heterocycles. The van der Waals surface area contributed by atoms with E-state index in [1.807, 2.05) is 6.07 Å². The van der Waals surface area contributed by atoms with Crippen LogP contribution in [0.15, 0.2) is 30.0 Å². The van der Waals surface area contributed by atoms with Crippen LogP contribution in [-0.4, -0.2) is 20.0 Å². The number of ether oxygens (including phenoxy) is 3. The van der Waals surface area contributed by atoms with Crippen molar-refractivity contribution in [3.05, 3.63) is 45.3 Å². The maximum absolute atomic E-state index is 12.5. The summed E-state index contributed by atoms with van der Waals surface area (Å²) in [5, 5.41) is 0. The lowest BCUT2D eigenvalue weighted by atomic mass is 10.1. The van der Waals surface area contributed by atoms with Gasteiger partial charge in [0.1, 0.15) is 22.8 Å². The van der Waals surface area contributed by atoms with Gasteiger partial charge < -0.3 is 14.2 Å². The monoisotopic (exact) mass is 316 g/mol. The number of hydrogen-bond acceptors (Lipinski definition) is 5. The van der Waals surface area contributed by atoms with Gasteiger partial charge in [0.05, 0.1) is 14.2 Å². The molecule has 2 heterocycles. The van der Waals surface area contributed by atoms with Crippen LogP contribution in [0.1, 0.15) is 27.0 Å². The summed E-state index contributed by atoms with van der Waals surface area (Å²) in [6.07, 6.45) is 2.76. The standard InChI is InChI=1S/C17H16O4S/c1-4-11-5-6-12(22-11)9-15-17(18)16-13(20-3)7-10(19-2)8-14(16)21-15/h5-9H,4H2,1-3H3/b15-9-. The van der Waals surface area contributed by atoms with Crippen LogP contribution in [0.2, 0.25) is 0 Å². The van der Waals surface area contributed by atoms with Gasteiger partial charge >= 0.3 is 0 Å². The van der Waals surface area contributed by atoms with Gasteiger partial charge in [-0.1, -0.05) is 6.92 Å². The van der Waals surface area contributed by atoms with Crippen LogP contribution in [0, 0.1) is 0 Å². The van der Waals surface area contributed by atoms with E-state index in [4.69, 9.17) is 14.2 Å². The van der Waals surface area contributed by atoms with Crippen molar-refractivity contribution in [1.82, 2.24) is 0 Å². The SMILES string of the molecule is CCc1ccc(/C=C2\Oc3cc(OC)cc(OC)c3C2=O)s1. The van der Waals surface area contributed by atoms with E-state index in [1.54, 1.807) is 36.7 Å². The first-order valence-corrected chi connectivity index (χ1v) is 7.77. The predicted molar refractivity (Wildman–Crippen MR) is 86.2 cm³/mol. The highest BCUT2D eigenvalue weighted by atomic mass is 32.1. The van der Waals surface area contributed by atoms with Gasteiger partial charge in [-0.2, -0.15) is 0 Å². The smallest absolute Gasteiger partial charge is 0.235 e. The Morgan fingerprint density at radius 1 is 1.23 bits per heavy atom. The predicted octanol–water partition coefficient (Wildman–Crippen LogP) is 3.94. The first-order chi connectivity index (χ1) is 10.7. The number of rotatable bonds is 4. The Balaban J connectivity index is 2.00. The third-order valence-corrected chi connectivity index (χ3v) is 4.65. The number of carbonyl (C=O) groups excluding carboxylic acids is 1. The highest BCUT2D eigenvalue weighted by molar-refractivity contribution is 7.12. The molecule has 1 aromatic carbocycles. The molecule has 3 rings (SSSR count). The van der Waals surface area contributed by atoms with Crippen LogP contribution in [0.4, 0.5) is 0 Å². The van der Waals surface area contributed by atoms with Crippen molar-refractivity contribution >= 4 is 23.2 Å². The summed E-state index contributed by atoms with van der Waals surface area (Å²) in [6, 6.07) is 7.44. The van der Waals surface area contributed by atoms with Crippen molar-refractivity contribution in [2.75, 3.05) is 14.2 Å². The molecule has 0 amide bonds. The molecule has 22 heavy (non-hydrogen) atoms. The average Bonchev–Trinajstić information content (AvgIpc) is 3.12. The second-order valence-corrected chi connectivity index (χ2v) is 6.00. The molecule has 0 N–H and O–H groups in total. The minimum atomic E-state index is -0.166. The van der Waals surface area contributed by atoms with Crippen LogP contribution in [0.3, 0.4) is 0 Å². The van der Waals surface area contributed by atoms with Gasteiger partial charge in [0.25, 0.3) is 0 Å². The van der Waals surface area contributed by atoms with Crippen molar-refractivity contribution in [2.45, 2.75) is 13.3 Å². The van der Waals surface area contributed by atoms with E-state index in [1.165, 1.54) is 12.0 Å². The van der Waals surface area contributed by atoms with Gasteiger partial charge in [-0.25, -0.2) is 0 Å². The fourth-order valence-corrected chi connectivity index (χ4v) is 3.21. The number of allylic oxidation sites excluding steroid dienone is 1. The normalized spacial score (nSPS) is 14.9. The maximum atomic E-state index is 12.5. The minimum Gasteiger partial charge on any atom is -0.496 e. The molecular weight excluding hydrogens is 300 g/mol. The lowest BCUT2D eigenvalue weighted by molar-refractivity contribution is 0.101. The Morgan fingerprint density at radius 2 is 2.05 bits per heavy atom. The summed E-state index contributed by atoms with van der Waals surface area (Å²) < 4.78 is 16.2. The molecule has 0 bridgehead atoms. The van der Waals surface area contributed by atoms with Gasteiger partial charge in [-0.3, -0.25) is 4.79 Å². The van der Waals surface area contributed by atoms with E-state index in [9.17, 15) is 4.79 Å². The third kappa shape index (κ3) is 2.48. The molecule has 0 saturated carbocycles. The highest BCUT2D eigenvalue weighted by Gasteiger charge is 2.32. The molecule has 0 unspecified atom stereocenters. The molecule has 0 aliphatic carbocycles. The second kappa shape index (κ2) is 5.85. The molecule has 1 aliphatic rings. The Morgan fingerprint density at radius 3 is 2.68 bits per heavy atom. The number of aryl methyl sites for hydroxylation is 1. The molecule has 1 aliphatic heterocycles. The number of Topliss-reactive ketones (excluding diaryl/α,β-unsaturated/α-hetero) is 1. The minimum absolute atomic E-state index is 0.166.